The number of carbonyl (C=O) groups excluding carboxylic acids is 4. The van der Waals surface area contributed by atoms with Gasteiger partial charge in [0.05, 0.1) is 12.5 Å². The molecule has 15 heteroatoms. The molecule has 0 aliphatic rings. The Bertz CT molecular complexity index is 775. The number of rotatable bonds is 17. The van der Waals surface area contributed by atoms with Gasteiger partial charge in [-0.2, -0.15) is 11.8 Å². The van der Waals surface area contributed by atoms with Gasteiger partial charge in [-0.15, -0.1) is 0 Å². The largest absolute Gasteiger partial charge is 0.480 e. The van der Waals surface area contributed by atoms with Crippen LogP contribution in [0.4, 0.5) is 0 Å². The van der Waals surface area contributed by atoms with Crippen LogP contribution in [0, 0.1) is 5.92 Å². The van der Waals surface area contributed by atoms with E-state index in [4.69, 9.17) is 22.9 Å². The molecule has 0 radical (unpaired) electrons. The first-order chi connectivity index (χ1) is 16.3. The summed E-state index contributed by atoms with van der Waals surface area (Å²) in [6, 6.07) is -4.65. The zero-order valence-corrected chi connectivity index (χ0v) is 21.1. The van der Waals surface area contributed by atoms with Crippen LogP contribution >= 0.6 is 11.8 Å². The molecule has 35 heavy (non-hydrogen) atoms. The Labute approximate surface area is 208 Å². The molecule has 0 aromatic carbocycles. The highest BCUT2D eigenvalue weighted by Crippen LogP contribution is 2.07. The molecule has 14 nitrogen and oxygen atoms in total. The van der Waals surface area contributed by atoms with Crippen LogP contribution in [-0.2, 0) is 24.0 Å². The number of primary amides is 1. The van der Waals surface area contributed by atoms with Crippen molar-refractivity contribution in [1.82, 2.24) is 16.0 Å². The van der Waals surface area contributed by atoms with Gasteiger partial charge in [0.25, 0.3) is 0 Å². The summed E-state index contributed by atoms with van der Waals surface area (Å²) in [5, 5.41) is 16.6. The Hall–Kier alpha value is -3.07. The molecular weight excluding hydrogens is 480 g/mol. The number of aliphatic imine (C=N–C) groups is 1. The molecule has 0 aromatic rings. The Morgan fingerprint density at radius 2 is 1.51 bits per heavy atom. The number of carboxylic acid groups (broad SMARTS) is 1. The maximum absolute atomic E-state index is 12.9. The van der Waals surface area contributed by atoms with Gasteiger partial charge >= 0.3 is 5.97 Å². The standard InChI is InChI=1S/C20H38N8O6S/c1-10(2)15(18(32)26-12(19(33)34)6-8-35-3)28-17(31)13(9-14(22)29)27-16(30)11(21)5-4-7-25-20(23)24/h10-13,15H,4-9,21H2,1-3H3,(H2,22,29)(H,26,32)(H,27,30)(H,28,31)(H,33,34)(H4,23,24,25). The van der Waals surface area contributed by atoms with E-state index in [1.54, 1.807) is 20.1 Å². The number of carboxylic acids is 1. The first-order valence-electron chi connectivity index (χ1n) is 11.0. The van der Waals surface area contributed by atoms with Gasteiger partial charge < -0.3 is 44.0 Å². The lowest BCUT2D eigenvalue weighted by atomic mass is 10.0. The molecule has 0 aliphatic carbocycles. The molecule has 4 atom stereocenters. The van der Waals surface area contributed by atoms with Gasteiger partial charge in [-0.05, 0) is 37.2 Å². The summed E-state index contributed by atoms with van der Waals surface area (Å²) in [5.41, 5.74) is 21.5. The van der Waals surface area contributed by atoms with Crippen molar-refractivity contribution in [3.63, 3.8) is 0 Å². The van der Waals surface area contributed by atoms with Crippen LogP contribution < -0.4 is 38.9 Å². The summed E-state index contributed by atoms with van der Waals surface area (Å²) in [5.74, 6) is -4.33. The van der Waals surface area contributed by atoms with Gasteiger partial charge in [-0.25, -0.2) is 4.79 Å². The third kappa shape index (κ3) is 13.4. The number of carbonyl (C=O) groups is 5. The van der Waals surface area contributed by atoms with E-state index in [1.165, 1.54) is 11.8 Å². The van der Waals surface area contributed by atoms with Gasteiger partial charge in [-0.3, -0.25) is 24.2 Å². The van der Waals surface area contributed by atoms with Crippen LogP contribution in [0.3, 0.4) is 0 Å². The normalized spacial score (nSPS) is 14.2. The molecule has 0 saturated heterocycles. The van der Waals surface area contributed by atoms with Gasteiger partial charge in [0.1, 0.15) is 18.1 Å². The summed E-state index contributed by atoms with van der Waals surface area (Å²) < 4.78 is 0. The molecule has 0 fully saturated rings. The zero-order valence-electron chi connectivity index (χ0n) is 20.3. The number of nitrogens with two attached hydrogens (primary N) is 4. The summed E-state index contributed by atoms with van der Waals surface area (Å²) >= 11 is 1.43. The van der Waals surface area contributed by atoms with Crippen LogP contribution in [0.2, 0.25) is 0 Å². The lowest BCUT2D eigenvalue weighted by Gasteiger charge is -2.26. The Balaban J connectivity index is 5.30. The van der Waals surface area contributed by atoms with Crippen molar-refractivity contribution in [2.24, 2.45) is 33.8 Å². The van der Waals surface area contributed by atoms with Crippen molar-refractivity contribution >= 4 is 47.3 Å². The van der Waals surface area contributed by atoms with Crippen molar-refractivity contribution in [2.75, 3.05) is 18.6 Å². The van der Waals surface area contributed by atoms with E-state index in [0.717, 1.165) is 0 Å². The lowest BCUT2D eigenvalue weighted by Crippen LogP contribution is -2.59. The quantitative estimate of drug-likeness (QED) is 0.0556. The number of aliphatic carboxylic acids is 1. The molecule has 4 unspecified atom stereocenters. The first kappa shape index (κ1) is 31.9. The van der Waals surface area contributed by atoms with Crippen molar-refractivity contribution in [3.05, 3.63) is 0 Å². The van der Waals surface area contributed by atoms with E-state index in [0.29, 0.717) is 12.2 Å². The maximum Gasteiger partial charge on any atom is 0.326 e. The van der Waals surface area contributed by atoms with E-state index >= 15 is 0 Å². The molecule has 0 spiro atoms. The number of hydrogen-bond acceptors (Lipinski definition) is 8. The fraction of sp³-hybridized carbons (Fsp3) is 0.700. The molecule has 0 rings (SSSR count). The predicted octanol–water partition coefficient (Wildman–Crippen LogP) is -2.81. The lowest BCUT2D eigenvalue weighted by molar-refractivity contribution is -0.142. The van der Waals surface area contributed by atoms with Crippen LogP contribution in [0.25, 0.3) is 0 Å². The Morgan fingerprint density at radius 3 is 2.00 bits per heavy atom. The monoisotopic (exact) mass is 518 g/mol. The number of nitrogens with zero attached hydrogens (tertiary/aromatic N) is 1. The third-order valence-electron chi connectivity index (χ3n) is 4.81. The highest BCUT2D eigenvalue weighted by Gasteiger charge is 2.32. The number of amides is 4. The number of nitrogens with one attached hydrogen (secondary N) is 3. The number of thioether (sulfide) groups is 1. The fourth-order valence-corrected chi connectivity index (χ4v) is 3.35. The van der Waals surface area contributed by atoms with Crippen molar-refractivity contribution < 1.29 is 29.1 Å². The van der Waals surface area contributed by atoms with Crippen molar-refractivity contribution in [1.29, 1.82) is 0 Å². The third-order valence-corrected chi connectivity index (χ3v) is 5.46. The minimum atomic E-state index is -1.38. The number of guanidine groups is 1. The van der Waals surface area contributed by atoms with E-state index in [2.05, 4.69) is 20.9 Å². The van der Waals surface area contributed by atoms with Crippen LogP contribution in [0.5, 0.6) is 0 Å². The summed E-state index contributed by atoms with van der Waals surface area (Å²) in [6.45, 7) is 3.56. The average Bonchev–Trinajstić information content (AvgIpc) is 2.75. The summed E-state index contributed by atoms with van der Waals surface area (Å²) in [7, 11) is 0. The molecule has 4 amide bonds. The summed E-state index contributed by atoms with van der Waals surface area (Å²) in [4.78, 5) is 64.8. The minimum absolute atomic E-state index is 0.0936. The molecular formula is C20H38N8O6S. The van der Waals surface area contributed by atoms with Gasteiger partial charge in [0, 0.05) is 6.54 Å². The van der Waals surface area contributed by atoms with E-state index < -0.39 is 66.1 Å². The van der Waals surface area contributed by atoms with Crippen LogP contribution in [-0.4, -0.2) is 83.4 Å². The van der Waals surface area contributed by atoms with Gasteiger partial charge in [-0.1, -0.05) is 13.8 Å². The van der Waals surface area contributed by atoms with Crippen LogP contribution in [0.1, 0.15) is 39.5 Å². The molecule has 0 aromatic heterocycles. The van der Waals surface area contributed by atoms with E-state index in [1.807, 2.05) is 0 Å². The molecule has 0 saturated carbocycles. The van der Waals surface area contributed by atoms with Crippen molar-refractivity contribution in [2.45, 2.75) is 63.7 Å². The van der Waals surface area contributed by atoms with E-state index in [9.17, 15) is 29.1 Å². The predicted molar refractivity (Wildman–Crippen MR) is 133 cm³/mol. The second-order valence-corrected chi connectivity index (χ2v) is 9.18. The van der Waals surface area contributed by atoms with E-state index in [-0.39, 0.29) is 25.3 Å². The molecule has 200 valence electrons. The highest BCUT2D eigenvalue weighted by molar-refractivity contribution is 7.98. The first-order valence-corrected chi connectivity index (χ1v) is 12.4. The van der Waals surface area contributed by atoms with Gasteiger partial charge in [0.15, 0.2) is 5.96 Å². The molecule has 0 aliphatic heterocycles. The fourth-order valence-electron chi connectivity index (χ4n) is 2.88. The topological polar surface area (TPSA) is 258 Å². The minimum Gasteiger partial charge on any atom is -0.480 e. The number of hydrogen-bond donors (Lipinski definition) is 8. The SMILES string of the molecule is CSCCC(NC(=O)C(NC(=O)C(CC(N)=O)NC(=O)C(N)CCCN=C(N)N)C(C)C)C(=O)O. The Kier molecular flexibility index (Phi) is 15.1. The summed E-state index contributed by atoms with van der Waals surface area (Å²) in [6.07, 6.45) is 2.08. The van der Waals surface area contributed by atoms with Crippen LogP contribution in [0.15, 0.2) is 4.99 Å². The second kappa shape index (κ2) is 16.5. The van der Waals surface area contributed by atoms with Crippen molar-refractivity contribution in [3.8, 4) is 0 Å². The highest BCUT2D eigenvalue weighted by atomic mass is 32.2. The molecule has 0 heterocycles. The smallest absolute Gasteiger partial charge is 0.326 e. The second-order valence-electron chi connectivity index (χ2n) is 8.20. The zero-order chi connectivity index (χ0) is 27.1. The Morgan fingerprint density at radius 1 is 0.914 bits per heavy atom. The molecule has 0 bridgehead atoms. The average molecular weight is 519 g/mol. The molecule has 12 N–H and O–H groups in total. The van der Waals surface area contributed by atoms with Gasteiger partial charge in [0.2, 0.25) is 23.6 Å². The maximum atomic E-state index is 12.9.